The molecule has 0 aliphatic heterocycles. The molecule has 1 N–H and O–H groups in total. The molecule has 0 amide bonds. The third kappa shape index (κ3) is 4.09. The Labute approximate surface area is 164 Å². The van der Waals surface area contributed by atoms with Gasteiger partial charge in [0.1, 0.15) is 0 Å². The van der Waals surface area contributed by atoms with E-state index in [2.05, 4.69) is 13.8 Å². The summed E-state index contributed by atoms with van der Waals surface area (Å²) in [4.78, 5) is 24.1. The lowest BCUT2D eigenvalue weighted by molar-refractivity contribution is 0.0697. The molecule has 0 unspecified atom stereocenters. The number of rotatable bonds is 7. The van der Waals surface area contributed by atoms with E-state index in [-0.39, 0.29) is 11.3 Å². The first-order valence-corrected chi connectivity index (χ1v) is 9.61. The van der Waals surface area contributed by atoms with Crippen LogP contribution in [0.15, 0.2) is 59.5 Å². The average molecular weight is 378 g/mol. The van der Waals surface area contributed by atoms with Crippen LogP contribution in [0.1, 0.15) is 42.4 Å². The lowest BCUT2D eigenvalue weighted by atomic mass is 9.98. The minimum absolute atomic E-state index is 0.0125. The van der Waals surface area contributed by atoms with Crippen molar-refractivity contribution in [2.75, 3.05) is 0 Å². The highest BCUT2D eigenvalue weighted by atomic mass is 16.4. The van der Waals surface area contributed by atoms with Crippen LogP contribution in [0.25, 0.3) is 11.1 Å². The SMILES string of the molecule is CCn1cc(CC(C)C)n(Cc2ccc(-c3ccccc3C(=O)O)cc2)c1=O. The van der Waals surface area contributed by atoms with Crippen LogP contribution in [0.2, 0.25) is 0 Å². The van der Waals surface area contributed by atoms with Crippen molar-refractivity contribution in [3.05, 3.63) is 82.0 Å². The molecule has 1 aromatic heterocycles. The summed E-state index contributed by atoms with van der Waals surface area (Å²) in [7, 11) is 0. The molecule has 0 spiro atoms. The molecule has 146 valence electrons. The second-order valence-electron chi connectivity index (χ2n) is 7.42. The van der Waals surface area contributed by atoms with E-state index in [1.54, 1.807) is 16.7 Å². The van der Waals surface area contributed by atoms with Crippen LogP contribution >= 0.6 is 0 Å². The average Bonchev–Trinajstić information content (AvgIpc) is 2.97. The van der Waals surface area contributed by atoms with E-state index in [0.717, 1.165) is 23.2 Å². The lowest BCUT2D eigenvalue weighted by Crippen LogP contribution is -2.25. The van der Waals surface area contributed by atoms with Gasteiger partial charge in [-0.3, -0.25) is 9.13 Å². The zero-order valence-electron chi connectivity index (χ0n) is 16.6. The molecule has 28 heavy (non-hydrogen) atoms. The number of carboxylic acid groups (broad SMARTS) is 1. The molecule has 1 heterocycles. The summed E-state index contributed by atoms with van der Waals surface area (Å²) < 4.78 is 3.58. The minimum atomic E-state index is -0.939. The van der Waals surface area contributed by atoms with E-state index < -0.39 is 5.97 Å². The van der Waals surface area contributed by atoms with Crippen LogP contribution in [0.5, 0.6) is 0 Å². The summed E-state index contributed by atoms with van der Waals surface area (Å²) >= 11 is 0. The smallest absolute Gasteiger partial charge is 0.336 e. The Balaban J connectivity index is 1.91. The van der Waals surface area contributed by atoms with Crippen molar-refractivity contribution in [1.29, 1.82) is 0 Å². The molecule has 0 aliphatic carbocycles. The highest BCUT2D eigenvalue weighted by molar-refractivity contribution is 5.95. The van der Waals surface area contributed by atoms with E-state index in [4.69, 9.17) is 0 Å². The Morgan fingerprint density at radius 2 is 1.75 bits per heavy atom. The zero-order chi connectivity index (χ0) is 20.3. The Morgan fingerprint density at radius 3 is 2.36 bits per heavy atom. The number of aromatic carboxylic acids is 1. The third-order valence-electron chi connectivity index (χ3n) is 4.85. The molecule has 3 rings (SSSR count). The highest BCUT2D eigenvalue weighted by Gasteiger charge is 2.13. The number of nitrogens with zero attached hydrogens (tertiary/aromatic N) is 2. The molecule has 0 bridgehead atoms. The molecule has 0 aliphatic rings. The standard InChI is InChI=1S/C23H26N2O3/c1-4-24-15-19(13-16(2)3)25(23(24)28)14-17-9-11-18(12-10-17)20-7-5-6-8-21(20)22(26)27/h5-12,15-16H,4,13-14H2,1-3H3,(H,26,27). The molecule has 2 aromatic carbocycles. The maximum atomic E-state index is 12.7. The summed E-state index contributed by atoms with van der Waals surface area (Å²) in [6.07, 6.45) is 2.81. The van der Waals surface area contributed by atoms with E-state index in [0.29, 0.717) is 24.6 Å². The van der Waals surface area contributed by atoms with Crippen LogP contribution in [0.4, 0.5) is 0 Å². The highest BCUT2D eigenvalue weighted by Crippen LogP contribution is 2.24. The maximum Gasteiger partial charge on any atom is 0.336 e. The number of carbonyl (C=O) groups is 1. The van der Waals surface area contributed by atoms with Gasteiger partial charge in [0.15, 0.2) is 0 Å². The van der Waals surface area contributed by atoms with Crippen molar-refractivity contribution in [3.8, 4) is 11.1 Å². The van der Waals surface area contributed by atoms with E-state index >= 15 is 0 Å². The fourth-order valence-corrected chi connectivity index (χ4v) is 3.45. The number of benzene rings is 2. The normalized spacial score (nSPS) is 11.1. The Morgan fingerprint density at radius 1 is 1.07 bits per heavy atom. The van der Waals surface area contributed by atoms with Gasteiger partial charge in [-0.2, -0.15) is 0 Å². The molecule has 0 saturated carbocycles. The van der Waals surface area contributed by atoms with Gasteiger partial charge in [-0.25, -0.2) is 9.59 Å². The molecule has 0 radical (unpaired) electrons. The van der Waals surface area contributed by atoms with Crippen molar-refractivity contribution in [1.82, 2.24) is 9.13 Å². The van der Waals surface area contributed by atoms with Crippen LogP contribution in [-0.2, 0) is 19.5 Å². The Kier molecular flexibility index (Phi) is 5.83. The monoisotopic (exact) mass is 378 g/mol. The van der Waals surface area contributed by atoms with Crippen molar-refractivity contribution in [3.63, 3.8) is 0 Å². The second kappa shape index (κ2) is 8.30. The molecule has 0 atom stereocenters. The van der Waals surface area contributed by atoms with Gasteiger partial charge in [0, 0.05) is 18.4 Å². The number of aromatic nitrogens is 2. The number of aryl methyl sites for hydroxylation is 1. The molecular weight excluding hydrogens is 352 g/mol. The first-order valence-electron chi connectivity index (χ1n) is 9.61. The maximum absolute atomic E-state index is 12.7. The van der Waals surface area contributed by atoms with Gasteiger partial charge in [0.25, 0.3) is 0 Å². The quantitative estimate of drug-likeness (QED) is 0.667. The summed E-state index contributed by atoms with van der Waals surface area (Å²) in [5.74, 6) is -0.473. The molecule has 5 heteroatoms. The van der Waals surface area contributed by atoms with Gasteiger partial charge in [0.05, 0.1) is 12.1 Å². The van der Waals surface area contributed by atoms with Gasteiger partial charge in [-0.1, -0.05) is 56.3 Å². The summed E-state index contributed by atoms with van der Waals surface area (Å²) in [5, 5.41) is 9.39. The summed E-state index contributed by atoms with van der Waals surface area (Å²) in [5.41, 5.74) is 3.89. The molecular formula is C23H26N2O3. The van der Waals surface area contributed by atoms with Gasteiger partial charge in [-0.15, -0.1) is 0 Å². The predicted molar refractivity (Wildman–Crippen MR) is 111 cm³/mol. The van der Waals surface area contributed by atoms with Crippen LogP contribution in [0.3, 0.4) is 0 Å². The Bertz CT molecular complexity index is 1030. The number of imidazole rings is 1. The zero-order valence-corrected chi connectivity index (χ0v) is 16.6. The van der Waals surface area contributed by atoms with Crippen molar-refractivity contribution in [2.45, 2.75) is 40.3 Å². The van der Waals surface area contributed by atoms with Crippen molar-refractivity contribution < 1.29 is 9.90 Å². The fourth-order valence-electron chi connectivity index (χ4n) is 3.45. The van der Waals surface area contributed by atoms with Gasteiger partial charge in [-0.05, 0) is 42.0 Å². The van der Waals surface area contributed by atoms with E-state index in [9.17, 15) is 14.7 Å². The van der Waals surface area contributed by atoms with Crippen LogP contribution in [-0.4, -0.2) is 20.2 Å². The predicted octanol–water partition coefficient (Wildman–Crippen LogP) is 4.28. The molecule has 0 saturated heterocycles. The number of hydrogen-bond donors (Lipinski definition) is 1. The second-order valence-corrected chi connectivity index (χ2v) is 7.42. The first-order chi connectivity index (χ1) is 13.4. The largest absolute Gasteiger partial charge is 0.478 e. The van der Waals surface area contributed by atoms with Gasteiger partial charge < -0.3 is 5.11 Å². The number of hydrogen-bond acceptors (Lipinski definition) is 2. The topological polar surface area (TPSA) is 64.2 Å². The first kappa shape index (κ1) is 19.7. The summed E-state index contributed by atoms with van der Waals surface area (Å²) in [6, 6.07) is 14.7. The van der Waals surface area contributed by atoms with Crippen molar-refractivity contribution in [2.24, 2.45) is 5.92 Å². The minimum Gasteiger partial charge on any atom is -0.478 e. The molecule has 0 fully saturated rings. The fraction of sp³-hybridized carbons (Fsp3) is 0.304. The van der Waals surface area contributed by atoms with E-state index in [1.807, 2.05) is 54.1 Å². The van der Waals surface area contributed by atoms with Crippen molar-refractivity contribution >= 4 is 5.97 Å². The van der Waals surface area contributed by atoms with E-state index in [1.165, 1.54) is 0 Å². The molecule has 5 nitrogen and oxygen atoms in total. The third-order valence-corrected chi connectivity index (χ3v) is 4.85. The molecule has 3 aromatic rings. The van der Waals surface area contributed by atoms with Crippen LogP contribution < -0.4 is 5.69 Å². The lowest BCUT2D eigenvalue weighted by Gasteiger charge is -2.11. The summed E-state index contributed by atoms with van der Waals surface area (Å²) in [6.45, 7) is 7.43. The Hall–Kier alpha value is -3.08. The van der Waals surface area contributed by atoms with Gasteiger partial charge >= 0.3 is 11.7 Å². The number of carboxylic acids is 1. The van der Waals surface area contributed by atoms with Gasteiger partial charge in [0.2, 0.25) is 0 Å². The van der Waals surface area contributed by atoms with Crippen LogP contribution in [0, 0.1) is 5.92 Å².